The van der Waals surface area contributed by atoms with Gasteiger partial charge in [0.2, 0.25) is 0 Å². The number of nitrogens with one attached hydrogen (secondary N) is 2. The number of unbranched alkanes of at least 4 members (excludes halogenated alkanes) is 1. The van der Waals surface area contributed by atoms with Crippen molar-refractivity contribution >= 4 is 34.3 Å². The zero-order valence-electron chi connectivity index (χ0n) is 11.0. The van der Waals surface area contributed by atoms with Crippen LogP contribution in [-0.2, 0) is 0 Å². The lowest BCUT2D eigenvalue weighted by molar-refractivity contribution is 0.0949. The van der Waals surface area contributed by atoms with Crippen LogP contribution in [0.4, 0.5) is 5.69 Å². The highest BCUT2D eigenvalue weighted by Crippen LogP contribution is 2.20. The number of nitrogens with two attached hydrogens (primary N) is 1. The maximum absolute atomic E-state index is 12.0. The fourth-order valence-electron chi connectivity index (χ4n) is 1.97. The van der Waals surface area contributed by atoms with E-state index in [-0.39, 0.29) is 5.91 Å². The molecule has 2 rings (SSSR count). The van der Waals surface area contributed by atoms with E-state index in [1.54, 1.807) is 0 Å². The summed E-state index contributed by atoms with van der Waals surface area (Å²) in [4.78, 5) is 15.0. The fourth-order valence-corrected chi connectivity index (χ4v) is 2.46. The molecular formula is C14H19N3OS. The Kier molecular flexibility index (Phi) is 4.74. The Morgan fingerprint density at radius 2 is 2.26 bits per heavy atom. The molecule has 19 heavy (non-hydrogen) atoms. The molecule has 0 aliphatic carbocycles. The lowest BCUT2D eigenvalue weighted by atomic mass is 10.2. The Bertz CT molecular complexity index is 565. The smallest absolute Gasteiger partial charge is 0.267 e. The summed E-state index contributed by atoms with van der Waals surface area (Å²) in [6, 6.07) is 7.49. The molecule has 0 saturated carbocycles. The van der Waals surface area contributed by atoms with Gasteiger partial charge in [-0.25, -0.2) is 0 Å². The molecule has 0 unspecified atom stereocenters. The van der Waals surface area contributed by atoms with E-state index >= 15 is 0 Å². The van der Waals surface area contributed by atoms with Crippen LogP contribution < -0.4 is 11.1 Å². The van der Waals surface area contributed by atoms with Crippen LogP contribution in [-0.4, -0.2) is 29.4 Å². The average Bonchev–Trinajstić information content (AvgIpc) is 2.84. The molecule has 102 valence electrons. The zero-order chi connectivity index (χ0) is 13.7. The quantitative estimate of drug-likeness (QED) is 0.561. The summed E-state index contributed by atoms with van der Waals surface area (Å²) < 4.78 is 0. The molecule has 0 saturated heterocycles. The van der Waals surface area contributed by atoms with E-state index in [0.717, 1.165) is 29.5 Å². The average molecular weight is 277 g/mol. The lowest BCUT2D eigenvalue weighted by Crippen LogP contribution is -2.24. The SMILES string of the molecule is CSCCCCNC(=O)c1cc2cccc(N)c2[nH]1. The fraction of sp³-hybridized carbons (Fsp3) is 0.357. The molecule has 4 N–H and O–H groups in total. The standard InChI is InChI=1S/C14H19N3OS/c1-19-8-3-2-7-16-14(18)12-9-10-5-4-6-11(15)13(10)17-12/h4-6,9,17H,2-3,7-8,15H2,1H3,(H,16,18). The Balaban J connectivity index is 1.96. The number of aromatic nitrogens is 1. The molecule has 4 nitrogen and oxygen atoms in total. The summed E-state index contributed by atoms with van der Waals surface area (Å²) in [6.07, 6.45) is 4.23. The summed E-state index contributed by atoms with van der Waals surface area (Å²) in [7, 11) is 0. The summed E-state index contributed by atoms with van der Waals surface area (Å²) in [5.74, 6) is 1.07. The molecule has 1 aromatic heterocycles. The van der Waals surface area contributed by atoms with E-state index in [9.17, 15) is 4.79 Å². The van der Waals surface area contributed by atoms with Crippen molar-refractivity contribution in [1.29, 1.82) is 0 Å². The molecule has 0 radical (unpaired) electrons. The van der Waals surface area contributed by atoms with E-state index in [2.05, 4.69) is 16.6 Å². The van der Waals surface area contributed by atoms with Gasteiger partial charge in [0.05, 0.1) is 11.2 Å². The van der Waals surface area contributed by atoms with Crippen molar-refractivity contribution in [3.8, 4) is 0 Å². The highest BCUT2D eigenvalue weighted by molar-refractivity contribution is 7.98. The number of para-hydroxylation sites is 1. The predicted octanol–water partition coefficient (Wildman–Crippen LogP) is 2.62. The number of fused-ring (bicyclic) bond motifs is 1. The van der Waals surface area contributed by atoms with E-state index in [1.807, 2.05) is 36.0 Å². The molecule has 2 aromatic rings. The predicted molar refractivity (Wildman–Crippen MR) is 82.7 cm³/mol. The van der Waals surface area contributed by atoms with Crippen LogP contribution in [0.5, 0.6) is 0 Å². The number of benzene rings is 1. The first-order chi connectivity index (χ1) is 9.22. The summed E-state index contributed by atoms with van der Waals surface area (Å²) in [5, 5.41) is 3.88. The minimum atomic E-state index is -0.0697. The van der Waals surface area contributed by atoms with Crippen LogP contribution >= 0.6 is 11.8 Å². The third-order valence-electron chi connectivity index (χ3n) is 2.99. The minimum Gasteiger partial charge on any atom is -0.397 e. The monoisotopic (exact) mass is 277 g/mol. The number of carbonyl (C=O) groups excluding carboxylic acids is 1. The molecule has 5 heteroatoms. The van der Waals surface area contributed by atoms with Crippen LogP contribution in [0.25, 0.3) is 10.9 Å². The van der Waals surface area contributed by atoms with Gasteiger partial charge in [0, 0.05) is 11.9 Å². The van der Waals surface area contributed by atoms with Gasteiger partial charge in [0.1, 0.15) is 5.69 Å². The minimum absolute atomic E-state index is 0.0697. The van der Waals surface area contributed by atoms with E-state index < -0.39 is 0 Å². The third-order valence-corrected chi connectivity index (χ3v) is 3.69. The number of aromatic amines is 1. The number of thioether (sulfide) groups is 1. The van der Waals surface area contributed by atoms with Gasteiger partial charge >= 0.3 is 0 Å². The molecule has 1 heterocycles. The van der Waals surface area contributed by atoms with Gasteiger partial charge in [-0.2, -0.15) is 11.8 Å². The summed E-state index contributed by atoms with van der Waals surface area (Å²) in [5.41, 5.74) is 7.92. The Morgan fingerprint density at radius 3 is 3.00 bits per heavy atom. The van der Waals surface area contributed by atoms with Gasteiger partial charge in [-0.15, -0.1) is 0 Å². The number of carbonyl (C=O) groups is 1. The second-order valence-electron chi connectivity index (χ2n) is 4.45. The first kappa shape index (κ1) is 13.8. The van der Waals surface area contributed by atoms with E-state index in [0.29, 0.717) is 17.9 Å². The van der Waals surface area contributed by atoms with Gasteiger partial charge in [0.25, 0.3) is 5.91 Å². The van der Waals surface area contributed by atoms with Crippen molar-refractivity contribution in [3.05, 3.63) is 30.0 Å². The molecule has 1 amide bonds. The molecule has 0 spiro atoms. The van der Waals surface area contributed by atoms with Gasteiger partial charge in [-0.1, -0.05) is 12.1 Å². The topological polar surface area (TPSA) is 70.9 Å². The number of H-pyrrole nitrogens is 1. The van der Waals surface area contributed by atoms with Crippen LogP contribution in [0.1, 0.15) is 23.3 Å². The van der Waals surface area contributed by atoms with Crippen molar-refractivity contribution in [2.24, 2.45) is 0 Å². The molecular weight excluding hydrogens is 258 g/mol. The normalized spacial score (nSPS) is 10.8. The number of anilines is 1. The first-order valence-electron chi connectivity index (χ1n) is 6.36. The molecule has 1 aromatic carbocycles. The maximum Gasteiger partial charge on any atom is 0.267 e. The number of nitrogen functional groups attached to an aromatic ring is 1. The van der Waals surface area contributed by atoms with Crippen molar-refractivity contribution in [2.75, 3.05) is 24.3 Å². The largest absolute Gasteiger partial charge is 0.397 e. The van der Waals surface area contributed by atoms with Gasteiger partial charge in [0.15, 0.2) is 0 Å². The van der Waals surface area contributed by atoms with Gasteiger partial charge in [-0.05, 0) is 37.0 Å². The van der Waals surface area contributed by atoms with Crippen LogP contribution in [0, 0.1) is 0 Å². The molecule has 0 bridgehead atoms. The number of hydrogen-bond donors (Lipinski definition) is 3. The summed E-state index contributed by atoms with van der Waals surface area (Å²) in [6.45, 7) is 0.713. The summed E-state index contributed by atoms with van der Waals surface area (Å²) >= 11 is 1.83. The van der Waals surface area contributed by atoms with Crippen molar-refractivity contribution in [2.45, 2.75) is 12.8 Å². The second-order valence-corrected chi connectivity index (χ2v) is 5.44. The Morgan fingerprint density at radius 1 is 1.42 bits per heavy atom. The highest BCUT2D eigenvalue weighted by atomic mass is 32.2. The first-order valence-corrected chi connectivity index (χ1v) is 7.76. The molecule has 0 fully saturated rings. The maximum atomic E-state index is 12.0. The molecule has 0 aliphatic heterocycles. The van der Waals surface area contributed by atoms with Crippen LogP contribution in [0.2, 0.25) is 0 Å². The van der Waals surface area contributed by atoms with Gasteiger partial charge in [-0.3, -0.25) is 4.79 Å². The zero-order valence-corrected chi connectivity index (χ0v) is 11.8. The second kappa shape index (κ2) is 6.52. The van der Waals surface area contributed by atoms with Gasteiger partial charge < -0.3 is 16.0 Å². The lowest BCUT2D eigenvalue weighted by Gasteiger charge is -2.02. The molecule has 0 aliphatic rings. The Hall–Kier alpha value is -1.62. The van der Waals surface area contributed by atoms with Crippen LogP contribution in [0.15, 0.2) is 24.3 Å². The van der Waals surface area contributed by atoms with E-state index in [1.165, 1.54) is 0 Å². The molecule has 0 atom stereocenters. The van der Waals surface area contributed by atoms with Crippen molar-refractivity contribution in [3.63, 3.8) is 0 Å². The van der Waals surface area contributed by atoms with Crippen molar-refractivity contribution in [1.82, 2.24) is 10.3 Å². The van der Waals surface area contributed by atoms with Crippen molar-refractivity contribution < 1.29 is 4.79 Å². The third kappa shape index (κ3) is 3.44. The van der Waals surface area contributed by atoms with E-state index in [4.69, 9.17) is 5.73 Å². The highest BCUT2D eigenvalue weighted by Gasteiger charge is 2.09. The van der Waals surface area contributed by atoms with Crippen LogP contribution in [0.3, 0.4) is 0 Å². The number of amides is 1. The number of hydrogen-bond acceptors (Lipinski definition) is 3. The Labute approximate surface area is 117 Å². The number of rotatable bonds is 6.